The van der Waals surface area contributed by atoms with E-state index < -0.39 is 0 Å². The predicted octanol–water partition coefficient (Wildman–Crippen LogP) is 10.1. The van der Waals surface area contributed by atoms with Crippen LogP contribution in [0.2, 0.25) is 0 Å². The molecule has 0 heterocycles. The highest BCUT2D eigenvalue weighted by molar-refractivity contribution is 5.54. The van der Waals surface area contributed by atoms with Gasteiger partial charge < -0.3 is 0 Å². The Morgan fingerprint density at radius 3 is 1.03 bits per heavy atom. The maximum Gasteiger partial charge on any atom is -0.0274 e. The van der Waals surface area contributed by atoms with Gasteiger partial charge in [-0.25, -0.2) is 0 Å². The fraction of sp³-hybridized carbons (Fsp3) is 0.774. The van der Waals surface area contributed by atoms with Crippen molar-refractivity contribution < 1.29 is 0 Å². The summed E-state index contributed by atoms with van der Waals surface area (Å²) in [5, 5.41) is 0. The van der Waals surface area contributed by atoms with Crippen molar-refractivity contribution in [3.05, 3.63) is 40.8 Å². The second-order valence-corrected chi connectivity index (χ2v) is 11.7. The summed E-state index contributed by atoms with van der Waals surface area (Å²) >= 11 is 0. The summed E-state index contributed by atoms with van der Waals surface area (Å²) in [6.07, 6.45) is 28.8. The van der Waals surface area contributed by atoms with E-state index in [1.165, 1.54) is 128 Å². The Bertz CT molecular complexity index is 646. The zero-order valence-electron chi connectivity index (χ0n) is 20.2. The molecule has 0 saturated heterocycles. The summed E-state index contributed by atoms with van der Waals surface area (Å²) in [4.78, 5) is 0. The van der Waals surface area contributed by atoms with Gasteiger partial charge in [0.15, 0.2) is 0 Å². The van der Waals surface area contributed by atoms with E-state index in [-0.39, 0.29) is 0 Å². The topological polar surface area (TPSA) is 0 Å². The Morgan fingerprint density at radius 2 is 0.710 bits per heavy atom. The molecule has 31 heavy (non-hydrogen) atoms. The van der Waals surface area contributed by atoms with E-state index in [0.29, 0.717) is 0 Å². The molecular weight excluding hydrogens is 372 g/mol. The first-order chi connectivity index (χ1) is 15.3. The number of rotatable bonds is 4. The molecule has 1 aromatic rings. The van der Waals surface area contributed by atoms with Gasteiger partial charge >= 0.3 is 0 Å². The summed E-state index contributed by atoms with van der Waals surface area (Å²) in [6, 6.07) is 2.84. The van der Waals surface area contributed by atoms with Gasteiger partial charge in [0.05, 0.1) is 0 Å². The second kappa shape index (κ2) is 10.4. The minimum absolute atomic E-state index is 0.806. The standard InChI is InChI=1S/C31H47/c1-23-30(26-18-10-4-11-19-26)28(24-14-6-2-7-15-24)22-29(25-16-8-3-9-17-25)31(23)27-20-12-5-13-21-27/h22,24-27H,1-21H2/q-1. The zero-order valence-corrected chi connectivity index (χ0v) is 20.2. The van der Waals surface area contributed by atoms with Gasteiger partial charge in [-0.1, -0.05) is 132 Å². The van der Waals surface area contributed by atoms with Crippen molar-refractivity contribution in [2.24, 2.45) is 0 Å². The second-order valence-electron chi connectivity index (χ2n) is 11.7. The molecule has 172 valence electrons. The SMILES string of the molecule is [CH2-]c1c(C2CCCCC2)c(C2CCCCC2)cc(C2CCCCC2)c1C1CCCCC1. The van der Waals surface area contributed by atoms with Crippen LogP contribution < -0.4 is 0 Å². The van der Waals surface area contributed by atoms with E-state index in [1.807, 2.05) is 0 Å². The van der Waals surface area contributed by atoms with Crippen LogP contribution in [0.3, 0.4) is 0 Å². The van der Waals surface area contributed by atoms with Crippen molar-refractivity contribution in [1.82, 2.24) is 0 Å². The molecule has 0 heteroatoms. The Morgan fingerprint density at radius 1 is 0.419 bits per heavy atom. The van der Waals surface area contributed by atoms with Crippen molar-refractivity contribution in [3.8, 4) is 0 Å². The van der Waals surface area contributed by atoms with Crippen LogP contribution in [0.5, 0.6) is 0 Å². The fourth-order valence-electron chi connectivity index (χ4n) is 8.07. The molecule has 0 aliphatic heterocycles. The van der Waals surface area contributed by atoms with Crippen LogP contribution >= 0.6 is 0 Å². The van der Waals surface area contributed by atoms with Crippen LogP contribution in [0, 0.1) is 6.92 Å². The predicted molar refractivity (Wildman–Crippen MR) is 134 cm³/mol. The molecule has 4 aliphatic rings. The smallest absolute Gasteiger partial charge is 0.0274 e. The molecule has 0 atom stereocenters. The fourth-order valence-corrected chi connectivity index (χ4v) is 8.07. The van der Waals surface area contributed by atoms with Gasteiger partial charge in [-0.3, -0.25) is 0 Å². The first kappa shape index (κ1) is 21.9. The van der Waals surface area contributed by atoms with Crippen molar-refractivity contribution in [3.63, 3.8) is 0 Å². The molecule has 0 bridgehead atoms. The largest absolute Gasteiger partial charge is 0.198 e. The molecule has 0 amide bonds. The number of hydrogen-bond donors (Lipinski definition) is 0. The maximum atomic E-state index is 4.98. The van der Waals surface area contributed by atoms with Crippen molar-refractivity contribution in [2.75, 3.05) is 0 Å². The highest BCUT2D eigenvalue weighted by Crippen LogP contribution is 2.49. The lowest BCUT2D eigenvalue weighted by Gasteiger charge is -2.42. The van der Waals surface area contributed by atoms with E-state index in [2.05, 4.69) is 6.07 Å². The maximum absolute atomic E-state index is 4.98. The normalized spacial score (nSPS) is 25.7. The minimum atomic E-state index is 0.806. The molecule has 0 aromatic heterocycles. The average molecular weight is 420 g/mol. The molecule has 4 fully saturated rings. The molecule has 5 rings (SSSR count). The van der Waals surface area contributed by atoms with Gasteiger partial charge in [0.2, 0.25) is 0 Å². The quantitative estimate of drug-likeness (QED) is 0.426. The molecule has 1 aromatic carbocycles. The number of benzene rings is 1. The lowest BCUT2D eigenvalue weighted by atomic mass is 9.68. The van der Waals surface area contributed by atoms with E-state index >= 15 is 0 Å². The van der Waals surface area contributed by atoms with Gasteiger partial charge in [-0.2, -0.15) is 12.5 Å². The van der Waals surface area contributed by atoms with E-state index in [9.17, 15) is 0 Å². The molecule has 4 saturated carbocycles. The lowest BCUT2D eigenvalue weighted by Crippen LogP contribution is -2.20. The molecule has 0 spiro atoms. The average Bonchev–Trinajstić information content (AvgIpc) is 2.85. The van der Waals surface area contributed by atoms with Gasteiger partial charge in [0.25, 0.3) is 0 Å². The number of hydrogen-bond acceptors (Lipinski definition) is 0. The lowest BCUT2D eigenvalue weighted by molar-refractivity contribution is 0.405. The molecule has 0 radical (unpaired) electrons. The van der Waals surface area contributed by atoms with E-state index in [0.717, 1.165) is 23.7 Å². The third kappa shape index (κ3) is 4.74. The van der Waals surface area contributed by atoms with Crippen LogP contribution in [0.4, 0.5) is 0 Å². The van der Waals surface area contributed by atoms with Crippen molar-refractivity contribution in [2.45, 2.75) is 152 Å². The highest BCUT2D eigenvalue weighted by Gasteiger charge is 2.28. The van der Waals surface area contributed by atoms with Gasteiger partial charge in [0, 0.05) is 0 Å². The molecular formula is C31H47-. The molecule has 0 unspecified atom stereocenters. The monoisotopic (exact) mass is 419 g/mol. The van der Waals surface area contributed by atoms with E-state index in [4.69, 9.17) is 6.92 Å². The molecule has 0 nitrogen and oxygen atoms in total. The minimum Gasteiger partial charge on any atom is -0.198 e. The first-order valence-electron chi connectivity index (χ1n) is 14.4. The van der Waals surface area contributed by atoms with Crippen molar-refractivity contribution in [1.29, 1.82) is 0 Å². The zero-order chi connectivity index (χ0) is 21.0. The molecule has 0 N–H and O–H groups in total. The summed E-state index contributed by atoms with van der Waals surface area (Å²) < 4.78 is 0. The van der Waals surface area contributed by atoms with Crippen LogP contribution in [-0.2, 0) is 0 Å². The van der Waals surface area contributed by atoms with Crippen LogP contribution in [-0.4, -0.2) is 0 Å². The van der Waals surface area contributed by atoms with Crippen molar-refractivity contribution >= 4 is 0 Å². The Balaban J connectivity index is 1.63. The Kier molecular flexibility index (Phi) is 7.32. The first-order valence-corrected chi connectivity index (χ1v) is 14.4. The summed E-state index contributed by atoms with van der Waals surface area (Å²) in [7, 11) is 0. The Labute approximate surface area is 193 Å². The third-order valence-electron chi connectivity index (χ3n) is 9.70. The van der Waals surface area contributed by atoms with Gasteiger partial charge in [-0.15, -0.1) is 11.1 Å². The highest BCUT2D eigenvalue weighted by atomic mass is 14.4. The van der Waals surface area contributed by atoms with Crippen LogP contribution in [0.15, 0.2) is 6.07 Å². The van der Waals surface area contributed by atoms with Crippen LogP contribution in [0.1, 0.15) is 180 Å². The third-order valence-corrected chi connectivity index (χ3v) is 9.70. The summed E-state index contributed by atoms with van der Waals surface area (Å²) in [5.41, 5.74) is 8.73. The van der Waals surface area contributed by atoms with Gasteiger partial charge in [0.1, 0.15) is 0 Å². The van der Waals surface area contributed by atoms with Gasteiger partial charge in [-0.05, 0) is 37.5 Å². The van der Waals surface area contributed by atoms with Crippen LogP contribution in [0.25, 0.3) is 0 Å². The Hall–Kier alpha value is -0.910. The van der Waals surface area contributed by atoms with E-state index in [1.54, 1.807) is 27.8 Å². The molecule has 4 aliphatic carbocycles. The summed E-state index contributed by atoms with van der Waals surface area (Å²) in [6.45, 7) is 4.98. The summed E-state index contributed by atoms with van der Waals surface area (Å²) in [5.74, 6) is 3.27.